The van der Waals surface area contributed by atoms with Crippen molar-refractivity contribution in [3.05, 3.63) is 35.9 Å². The van der Waals surface area contributed by atoms with Crippen LogP contribution in [0.4, 0.5) is 13.6 Å². The van der Waals surface area contributed by atoms with Crippen LogP contribution in [0.15, 0.2) is 30.3 Å². The highest BCUT2D eigenvalue weighted by atomic mass is 32.2. The number of esters is 1. The Labute approximate surface area is 252 Å². The van der Waals surface area contributed by atoms with E-state index < -0.39 is 64.1 Å². The Morgan fingerprint density at radius 3 is 2.24 bits per heavy atom. The van der Waals surface area contributed by atoms with E-state index in [1.165, 1.54) is 10.5 Å². The van der Waals surface area contributed by atoms with Crippen molar-refractivity contribution in [3.63, 3.8) is 0 Å². The van der Waals surface area contributed by atoms with Crippen molar-refractivity contribution in [3.8, 4) is 0 Å². The molecule has 1 saturated carbocycles. The summed E-state index contributed by atoms with van der Waals surface area (Å²) >= 11 is -2.02. The second kappa shape index (κ2) is 13.8. The number of carbonyl (C=O) groups is 2. The van der Waals surface area contributed by atoms with Crippen LogP contribution in [0.1, 0.15) is 98.5 Å². The fraction of sp³-hybridized carbons (Fsp3) is 0.742. The van der Waals surface area contributed by atoms with Gasteiger partial charge in [-0.15, -0.1) is 4.72 Å². The molecule has 2 aliphatic rings. The van der Waals surface area contributed by atoms with Crippen molar-refractivity contribution >= 4 is 23.4 Å². The summed E-state index contributed by atoms with van der Waals surface area (Å²) < 4.78 is 64.7. The lowest BCUT2D eigenvalue weighted by Crippen LogP contribution is -2.77. The van der Waals surface area contributed by atoms with E-state index in [1.54, 1.807) is 48.5 Å². The zero-order valence-electron chi connectivity index (χ0n) is 26.0. The molecule has 3 atom stereocenters. The summed E-state index contributed by atoms with van der Waals surface area (Å²) in [6, 6.07) is 8.88. The Morgan fingerprint density at radius 2 is 1.69 bits per heavy atom. The van der Waals surface area contributed by atoms with Gasteiger partial charge in [0.1, 0.15) is 10.3 Å². The van der Waals surface area contributed by atoms with Gasteiger partial charge in [0.25, 0.3) is 5.92 Å². The molecule has 1 heterocycles. The van der Waals surface area contributed by atoms with Gasteiger partial charge in [0.2, 0.25) is 0 Å². The van der Waals surface area contributed by atoms with E-state index in [0.29, 0.717) is 5.92 Å². The third-order valence-corrected chi connectivity index (χ3v) is 9.55. The largest absolute Gasteiger partial charge is 0.598 e. The Balaban J connectivity index is 1.95. The zero-order valence-corrected chi connectivity index (χ0v) is 26.9. The molecule has 1 aliphatic carbocycles. The van der Waals surface area contributed by atoms with Gasteiger partial charge < -0.3 is 23.7 Å². The zero-order chi connectivity index (χ0) is 31.3. The molecule has 1 aliphatic heterocycles. The molecule has 42 heavy (non-hydrogen) atoms. The number of hydrogen-bond donors (Lipinski definition) is 1. The maximum Gasteiger partial charge on any atom is 0.410 e. The number of ether oxygens (including phenoxy) is 3. The van der Waals surface area contributed by atoms with Crippen LogP contribution >= 0.6 is 0 Å². The number of rotatable bonds is 9. The molecule has 238 valence electrons. The molecule has 11 heteroatoms. The standard InChI is InChI=1S/C31H48F2N2O6S/c1-8-39-26(36)20-30(34-42(38)29(5,6)7)25(35(19-18-31(30,32)33)27(37)41-28(2,3)4)21-40-24-16-14-23(15-17-24)22-12-10-9-11-13-22/h9-13,23-25,34H,8,14-21H2,1-7H3/t23-,24+,25?,30?,42-/m0/s1. The van der Waals surface area contributed by atoms with E-state index >= 15 is 8.78 Å². The summed E-state index contributed by atoms with van der Waals surface area (Å²) in [5.41, 5.74) is -2.04. The molecule has 1 aromatic carbocycles. The molecule has 0 aromatic heterocycles. The first-order valence-electron chi connectivity index (χ1n) is 14.9. The number of nitrogens with zero attached hydrogens (tertiary/aromatic N) is 1. The van der Waals surface area contributed by atoms with Crippen molar-refractivity contribution in [2.24, 2.45) is 0 Å². The Kier molecular flexibility index (Phi) is 11.3. The van der Waals surface area contributed by atoms with Crippen LogP contribution in [0.2, 0.25) is 0 Å². The summed E-state index contributed by atoms with van der Waals surface area (Å²) in [7, 11) is 0. The third-order valence-electron chi connectivity index (χ3n) is 7.89. The topological polar surface area (TPSA) is 100 Å². The summed E-state index contributed by atoms with van der Waals surface area (Å²) in [5, 5.41) is 0. The molecule has 8 nitrogen and oxygen atoms in total. The lowest BCUT2D eigenvalue weighted by Gasteiger charge is -2.53. The van der Waals surface area contributed by atoms with Crippen LogP contribution in [0.5, 0.6) is 0 Å². The molecule has 3 rings (SSSR count). The molecule has 1 aromatic rings. The summed E-state index contributed by atoms with van der Waals surface area (Å²) in [6.07, 6.45) is 0.646. The average molecular weight is 615 g/mol. The average Bonchev–Trinajstić information content (AvgIpc) is 2.88. The van der Waals surface area contributed by atoms with Gasteiger partial charge in [0.15, 0.2) is 5.54 Å². The van der Waals surface area contributed by atoms with Gasteiger partial charge in [-0.1, -0.05) is 30.3 Å². The first-order valence-corrected chi connectivity index (χ1v) is 16.0. The van der Waals surface area contributed by atoms with Crippen molar-refractivity contribution in [2.45, 2.75) is 127 Å². The number of likely N-dealkylation sites (tertiary alicyclic amines) is 1. The molecular weight excluding hydrogens is 566 g/mol. The Morgan fingerprint density at radius 1 is 1.07 bits per heavy atom. The van der Waals surface area contributed by atoms with Crippen molar-refractivity contribution in [1.82, 2.24) is 9.62 Å². The molecule has 0 spiro atoms. The first-order chi connectivity index (χ1) is 19.5. The van der Waals surface area contributed by atoms with Gasteiger partial charge >= 0.3 is 12.1 Å². The minimum absolute atomic E-state index is 0.00948. The SMILES string of the molecule is CCOC(=O)CC1(N[S@@+]([O-])C(C)(C)C)C(CO[C@H]2CC[C@@H](c3ccccc3)CC2)N(C(=O)OC(C)(C)C)CCC1(F)F. The number of halogens is 2. The van der Waals surface area contributed by atoms with Crippen LogP contribution in [0, 0.1) is 0 Å². The van der Waals surface area contributed by atoms with Gasteiger partial charge in [0.05, 0.1) is 31.8 Å². The highest BCUT2D eigenvalue weighted by Crippen LogP contribution is 2.46. The second-order valence-corrected chi connectivity index (χ2v) is 15.3. The number of amides is 1. The van der Waals surface area contributed by atoms with Crippen molar-refractivity contribution < 1.29 is 37.1 Å². The number of benzene rings is 1. The molecule has 0 radical (unpaired) electrons. The monoisotopic (exact) mass is 614 g/mol. The van der Waals surface area contributed by atoms with E-state index in [2.05, 4.69) is 16.9 Å². The van der Waals surface area contributed by atoms with E-state index in [1.807, 2.05) is 18.2 Å². The van der Waals surface area contributed by atoms with Crippen molar-refractivity contribution in [1.29, 1.82) is 0 Å². The van der Waals surface area contributed by atoms with E-state index in [4.69, 9.17) is 14.2 Å². The van der Waals surface area contributed by atoms with Gasteiger partial charge in [-0.05, 0) is 85.6 Å². The lowest BCUT2D eigenvalue weighted by molar-refractivity contribution is -0.180. The van der Waals surface area contributed by atoms with E-state index in [-0.39, 0.29) is 25.9 Å². The Hall–Kier alpha value is -1.95. The van der Waals surface area contributed by atoms with Gasteiger partial charge in [-0.3, -0.25) is 4.79 Å². The van der Waals surface area contributed by atoms with E-state index in [9.17, 15) is 14.1 Å². The lowest BCUT2D eigenvalue weighted by atomic mass is 9.76. The van der Waals surface area contributed by atoms with Crippen LogP contribution in [-0.4, -0.2) is 75.2 Å². The normalized spacial score (nSPS) is 27.3. The fourth-order valence-corrected chi connectivity index (χ4v) is 6.61. The third kappa shape index (κ3) is 8.57. The Bertz CT molecular complexity index is 1040. The van der Waals surface area contributed by atoms with Gasteiger partial charge in [-0.2, -0.15) is 0 Å². The van der Waals surface area contributed by atoms with Gasteiger partial charge in [0, 0.05) is 24.3 Å². The predicted octanol–water partition coefficient (Wildman–Crippen LogP) is 6.12. The van der Waals surface area contributed by atoms with Crippen LogP contribution in [-0.2, 0) is 30.4 Å². The minimum Gasteiger partial charge on any atom is -0.598 e. The van der Waals surface area contributed by atoms with Crippen LogP contribution < -0.4 is 4.72 Å². The molecular formula is C31H48F2N2O6S. The second-order valence-electron chi connectivity index (χ2n) is 13.3. The summed E-state index contributed by atoms with van der Waals surface area (Å²) in [6.45, 7) is 11.0. The summed E-state index contributed by atoms with van der Waals surface area (Å²) in [5.74, 6) is -4.02. The highest BCUT2D eigenvalue weighted by Gasteiger charge is 2.67. The number of carbonyl (C=O) groups excluding carboxylic acids is 2. The maximum atomic E-state index is 16.3. The molecule has 2 unspecified atom stereocenters. The summed E-state index contributed by atoms with van der Waals surface area (Å²) in [4.78, 5) is 27.6. The fourth-order valence-electron chi connectivity index (χ4n) is 5.62. The molecule has 2 fully saturated rings. The number of hydrogen-bond acceptors (Lipinski definition) is 7. The van der Waals surface area contributed by atoms with Crippen molar-refractivity contribution in [2.75, 3.05) is 19.8 Å². The number of nitrogens with one attached hydrogen (secondary N) is 1. The molecule has 1 N–H and O–H groups in total. The minimum atomic E-state index is -3.53. The number of piperidine rings is 1. The van der Waals surface area contributed by atoms with Gasteiger partial charge in [-0.25, -0.2) is 13.6 Å². The van der Waals surface area contributed by atoms with Crippen LogP contribution in [0.3, 0.4) is 0 Å². The molecule has 1 saturated heterocycles. The quantitative estimate of drug-likeness (QED) is 0.264. The van der Waals surface area contributed by atoms with E-state index in [0.717, 1.165) is 25.7 Å². The molecule has 1 amide bonds. The highest BCUT2D eigenvalue weighted by molar-refractivity contribution is 7.90. The van der Waals surface area contributed by atoms with Crippen LogP contribution in [0.25, 0.3) is 0 Å². The maximum absolute atomic E-state index is 16.3. The molecule has 0 bridgehead atoms. The first kappa shape index (κ1) is 34.5. The smallest absolute Gasteiger partial charge is 0.410 e. The number of alkyl halides is 2. The predicted molar refractivity (Wildman–Crippen MR) is 159 cm³/mol.